The van der Waals surface area contributed by atoms with E-state index in [1.54, 1.807) is 0 Å². The van der Waals surface area contributed by atoms with E-state index in [0.717, 1.165) is 20.8 Å². The number of hydrogen-bond acceptors (Lipinski definition) is 6. The Labute approximate surface area is 97.0 Å². The lowest BCUT2D eigenvalue weighted by molar-refractivity contribution is -0.158. The van der Waals surface area contributed by atoms with Gasteiger partial charge < -0.3 is 14.2 Å². The van der Waals surface area contributed by atoms with Crippen LogP contribution >= 0.6 is 0 Å². The second kappa shape index (κ2) is 4.68. The van der Waals surface area contributed by atoms with Crippen molar-refractivity contribution in [3.05, 3.63) is 0 Å². The molecular weight excluding hydrogens is 235 g/mol. The normalized spacial score (nSPS) is 31.9. The maximum atomic E-state index is 13.9. The maximum Gasteiger partial charge on any atom is 0.348 e. The number of carbonyl (C=O) groups excluding carboxylic acids is 3. The van der Waals surface area contributed by atoms with Crippen LogP contribution in [-0.2, 0) is 28.6 Å². The average Bonchev–Trinajstić information content (AvgIpc) is 2.38. The van der Waals surface area contributed by atoms with E-state index in [9.17, 15) is 18.8 Å². The van der Waals surface area contributed by atoms with Crippen LogP contribution in [0.2, 0.25) is 0 Å². The fourth-order valence-corrected chi connectivity index (χ4v) is 1.47. The largest absolute Gasteiger partial charge is 0.462 e. The van der Waals surface area contributed by atoms with Gasteiger partial charge in [0.15, 0.2) is 12.2 Å². The highest BCUT2D eigenvalue weighted by Crippen LogP contribution is 2.32. The van der Waals surface area contributed by atoms with Crippen LogP contribution in [0, 0.1) is 0 Å². The number of halogens is 1. The van der Waals surface area contributed by atoms with Gasteiger partial charge in [-0.25, -0.2) is 9.18 Å². The van der Waals surface area contributed by atoms with Crippen molar-refractivity contribution in [1.29, 1.82) is 0 Å². The van der Waals surface area contributed by atoms with Gasteiger partial charge >= 0.3 is 17.9 Å². The Morgan fingerprint density at radius 1 is 1.41 bits per heavy atom. The van der Waals surface area contributed by atoms with Gasteiger partial charge in [0.2, 0.25) is 5.67 Å². The number of hydrogen-bond donors (Lipinski definition) is 0. The Balaban J connectivity index is 2.78. The van der Waals surface area contributed by atoms with Gasteiger partial charge in [-0.1, -0.05) is 0 Å². The molecular formula is C10H13FO6. The summed E-state index contributed by atoms with van der Waals surface area (Å²) in [4.78, 5) is 32.6. The van der Waals surface area contributed by atoms with Gasteiger partial charge in [-0.2, -0.15) is 0 Å². The third-order valence-corrected chi connectivity index (χ3v) is 2.27. The zero-order valence-corrected chi connectivity index (χ0v) is 9.69. The number of alkyl halides is 1. The van der Waals surface area contributed by atoms with E-state index in [1.165, 1.54) is 0 Å². The van der Waals surface area contributed by atoms with Gasteiger partial charge in [0, 0.05) is 13.8 Å². The quantitative estimate of drug-likeness (QED) is 0.522. The molecule has 1 aliphatic rings. The molecule has 0 amide bonds. The number of ether oxygens (including phenoxy) is 3. The molecule has 0 N–H and O–H groups in total. The molecule has 17 heavy (non-hydrogen) atoms. The van der Waals surface area contributed by atoms with Crippen molar-refractivity contribution in [3.8, 4) is 0 Å². The Morgan fingerprint density at radius 2 is 2.00 bits per heavy atom. The van der Waals surface area contributed by atoms with Crippen molar-refractivity contribution in [2.75, 3.05) is 6.61 Å². The van der Waals surface area contributed by atoms with E-state index < -0.39 is 35.8 Å². The molecule has 7 heteroatoms. The third kappa shape index (κ3) is 2.92. The molecule has 0 aromatic heterocycles. The predicted molar refractivity (Wildman–Crippen MR) is 51.6 cm³/mol. The molecule has 0 spiro atoms. The van der Waals surface area contributed by atoms with Crippen LogP contribution in [0.15, 0.2) is 0 Å². The molecule has 1 heterocycles. The lowest BCUT2D eigenvalue weighted by Crippen LogP contribution is -2.43. The maximum absolute atomic E-state index is 13.9. The molecule has 6 nitrogen and oxygen atoms in total. The minimum atomic E-state index is -2.43. The summed E-state index contributed by atoms with van der Waals surface area (Å²) in [6, 6.07) is 0. The summed E-state index contributed by atoms with van der Waals surface area (Å²) in [5, 5.41) is 0. The Kier molecular flexibility index (Phi) is 3.69. The molecule has 3 atom stereocenters. The van der Waals surface area contributed by atoms with Crippen molar-refractivity contribution in [1.82, 2.24) is 0 Å². The highest BCUT2D eigenvalue weighted by molar-refractivity contribution is 5.83. The molecule has 0 saturated carbocycles. The SMILES string of the molecule is CC(=O)OC[C@H]1OC(=O)[C@](C)(F)[C@@H]1OC(C)=O. The number of rotatable bonds is 3. The van der Waals surface area contributed by atoms with E-state index in [2.05, 4.69) is 9.47 Å². The van der Waals surface area contributed by atoms with E-state index in [4.69, 9.17) is 4.74 Å². The summed E-state index contributed by atoms with van der Waals surface area (Å²) in [5.74, 6) is -2.49. The first-order valence-electron chi connectivity index (χ1n) is 4.95. The van der Waals surface area contributed by atoms with Gasteiger partial charge in [-0.3, -0.25) is 9.59 Å². The first-order chi connectivity index (χ1) is 7.75. The van der Waals surface area contributed by atoms with Gasteiger partial charge in [0.05, 0.1) is 0 Å². The molecule has 1 saturated heterocycles. The number of esters is 3. The molecule has 1 rings (SSSR count). The minimum Gasteiger partial charge on any atom is -0.462 e. The zero-order valence-electron chi connectivity index (χ0n) is 9.69. The standard InChI is InChI=1S/C10H13FO6/c1-5(12)15-4-7-8(16-6(2)13)10(3,11)9(14)17-7/h7-8H,4H2,1-3H3/t7-,8-,10-/m1/s1. The van der Waals surface area contributed by atoms with E-state index >= 15 is 0 Å². The second-order valence-corrected chi connectivity index (χ2v) is 3.85. The molecule has 0 radical (unpaired) electrons. The van der Waals surface area contributed by atoms with E-state index in [-0.39, 0.29) is 6.61 Å². The molecule has 1 fully saturated rings. The molecule has 0 aromatic carbocycles. The molecule has 0 aromatic rings. The molecule has 0 unspecified atom stereocenters. The predicted octanol–water partition coefficient (Wildman–Crippen LogP) is 0.135. The lowest BCUT2D eigenvalue weighted by atomic mass is 10.0. The summed E-state index contributed by atoms with van der Waals surface area (Å²) in [6.45, 7) is 2.85. The van der Waals surface area contributed by atoms with Gasteiger partial charge in [-0.15, -0.1) is 0 Å². The van der Waals surface area contributed by atoms with Crippen molar-refractivity contribution >= 4 is 17.9 Å². The fourth-order valence-electron chi connectivity index (χ4n) is 1.47. The van der Waals surface area contributed by atoms with Crippen molar-refractivity contribution in [3.63, 3.8) is 0 Å². The average molecular weight is 248 g/mol. The van der Waals surface area contributed by atoms with Gasteiger partial charge in [-0.05, 0) is 6.92 Å². The summed E-state index contributed by atoms with van der Waals surface area (Å²) in [6.07, 6.45) is -2.53. The number of carbonyl (C=O) groups is 3. The monoisotopic (exact) mass is 248 g/mol. The van der Waals surface area contributed by atoms with Crippen LogP contribution < -0.4 is 0 Å². The third-order valence-electron chi connectivity index (χ3n) is 2.27. The first-order valence-corrected chi connectivity index (χ1v) is 4.95. The number of cyclic esters (lactones) is 1. The summed E-state index contributed by atoms with van der Waals surface area (Å²) in [7, 11) is 0. The molecule has 96 valence electrons. The van der Waals surface area contributed by atoms with Crippen LogP contribution in [0.3, 0.4) is 0 Å². The van der Waals surface area contributed by atoms with Crippen LogP contribution in [0.5, 0.6) is 0 Å². The minimum absolute atomic E-state index is 0.349. The molecule has 1 aliphatic heterocycles. The summed E-state index contributed by atoms with van der Waals surface area (Å²) in [5.41, 5.74) is -2.43. The van der Waals surface area contributed by atoms with E-state index in [0.29, 0.717) is 0 Å². The highest BCUT2D eigenvalue weighted by Gasteiger charge is 2.58. The van der Waals surface area contributed by atoms with Gasteiger partial charge in [0.1, 0.15) is 6.61 Å². The van der Waals surface area contributed by atoms with Crippen molar-refractivity contribution in [2.45, 2.75) is 38.6 Å². The van der Waals surface area contributed by atoms with Crippen molar-refractivity contribution < 1.29 is 33.0 Å². The molecule has 0 aliphatic carbocycles. The topological polar surface area (TPSA) is 78.9 Å². The van der Waals surface area contributed by atoms with Crippen LogP contribution in [-0.4, -0.2) is 42.4 Å². The van der Waals surface area contributed by atoms with E-state index in [1.807, 2.05) is 0 Å². The first kappa shape index (κ1) is 13.4. The zero-order chi connectivity index (χ0) is 13.2. The Bertz CT molecular complexity index is 351. The van der Waals surface area contributed by atoms with Crippen LogP contribution in [0.4, 0.5) is 4.39 Å². The lowest BCUT2D eigenvalue weighted by Gasteiger charge is -2.21. The highest BCUT2D eigenvalue weighted by atomic mass is 19.1. The Hall–Kier alpha value is -1.66. The molecule has 0 bridgehead atoms. The Morgan fingerprint density at radius 3 is 2.47 bits per heavy atom. The summed E-state index contributed by atoms with van der Waals surface area (Å²) < 4.78 is 27.9. The fraction of sp³-hybridized carbons (Fsp3) is 0.700. The smallest absolute Gasteiger partial charge is 0.348 e. The van der Waals surface area contributed by atoms with Gasteiger partial charge in [0.25, 0.3) is 0 Å². The second-order valence-electron chi connectivity index (χ2n) is 3.85. The van der Waals surface area contributed by atoms with Crippen LogP contribution in [0.25, 0.3) is 0 Å². The van der Waals surface area contributed by atoms with Crippen LogP contribution in [0.1, 0.15) is 20.8 Å². The van der Waals surface area contributed by atoms with Crippen molar-refractivity contribution in [2.24, 2.45) is 0 Å². The summed E-state index contributed by atoms with van der Waals surface area (Å²) >= 11 is 0.